The van der Waals surface area contributed by atoms with Crippen molar-refractivity contribution in [3.63, 3.8) is 0 Å². The molecule has 4 nitrogen and oxygen atoms in total. The zero-order chi connectivity index (χ0) is 10.6. The molecular weight excluding hydrogens is 181 g/mol. The van der Waals surface area contributed by atoms with Crippen LogP contribution in [0.4, 0.5) is 0 Å². The van der Waals surface area contributed by atoms with Crippen LogP contribution in [0.1, 0.15) is 25.7 Å². The lowest BCUT2D eigenvalue weighted by Gasteiger charge is -2.29. The molecule has 2 radical (unpaired) electrons. The third-order valence-corrected chi connectivity index (χ3v) is 2.51. The number of esters is 1. The number of methoxy groups -OCH3 is 1. The van der Waals surface area contributed by atoms with E-state index in [1.165, 1.54) is 11.9 Å². The van der Waals surface area contributed by atoms with Crippen LogP contribution in [0.5, 0.6) is 0 Å². The molecule has 76 valence electrons. The summed E-state index contributed by atoms with van der Waals surface area (Å²) in [6.07, 6.45) is 2.57. The molecule has 14 heavy (non-hydrogen) atoms. The van der Waals surface area contributed by atoms with Crippen molar-refractivity contribution in [3.8, 4) is 0 Å². The molecule has 1 aliphatic heterocycles. The summed E-state index contributed by atoms with van der Waals surface area (Å²) in [4.78, 5) is 23.6. The van der Waals surface area contributed by atoms with Crippen molar-refractivity contribution in [2.45, 2.75) is 25.7 Å². The van der Waals surface area contributed by atoms with Gasteiger partial charge in [0.1, 0.15) is 0 Å². The van der Waals surface area contributed by atoms with Crippen LogP contribution < -0.4 is 0 Å². The quantitative estimate of drug-likeness (QED) is 0.479. The lowest BCUT2D eigenvalue weighted by molar-refractivity contribution is -0.141. The van der Waals surface area contributed by atoms with Crippen molar-refractivity contribution in [2.75, 3.05) is 13.7 Å². The van der Waals surface area contributed by atoms with E-state index in [0.29, 0.717) is 19.4 Å². The fourth-order valence-electron chi connectivity index (χ4n) is 1.64. The second kappa shape index (κ2) is 5.03. The normalized spacial score (nSPS) is 22.2. The Bertz CT molecular complexity index is 232. The molecular formula is C9H14BNO3. The molecule has 0 saturated carbocycles. The minimum Gasteiger partial charge on any atom is -0.469 e. The first-order chi connectivity index (χ1) is 6.65. The molecule has 0 aromatic carbocycles. The predicted molar refractivity (Wildman–Crippen MR) is 51.4 cm³/mol. The fourth-order valence-corrected chi connectivity index (χ4v) is 1.64. The van der Waals surface area contributed by atoms with Crippen LogP contribution in [0.25, 0.3) is 0 Å². The maximum atomic E-state index is 11.5. The van der Waals surface area contributed by atoms with Crippen molar-refractivity contribution in [2.24, 2.45) is 5.92 Å². The molecule has 0 bridgehead atoms. The van der Waals surface area contributed by atoms with Crippen LogP contribution in [0.15, 0.2) is 0 Å². The monoisotopic (exact) mass is 195 g/mol. The van der Waals surface area contributed by atoms with Crippen LogP contribution in [0.3, 0.4) is 0 Å². The summed E-state index contributed by atoms with van der Waals surface area (Å²) in [5.41, 5.74) is 0. The van der Waals surface area contributed by atoms with Crippen LogP contribution >= 0.6 is 0 Å². The number of piperidine rings is 1. The van der Waals surface area contributed by atoms with Crippen molar-refractivity contribution in [1.29, 1.82) is 0 Å². The fraction of sp³-hybridized carbons (Fsp3) is 0.778. The van der Waals surface area contributed by atoms with E-state index in [1.54, 1.807) is 0 Å². The molecule has 1 fully saturated rings. The summed E-state index contributed by atoms with van der Waals surface area (Å²) >= 11 is 0. The molecule has 0 aromatic heterocycles. The van der Waals surface area contributed by atoms with Crippen molar-refractivity contribution in [3.05, 3.63) is 0 Å². The van der Waals surface area contributed by atoms with Crippen LogP contribution in [-0.2, 0) is 14.3 Å². The van der Waals surface area contributed by atoms with Gasteiger partial charge in [-0.05, 0) is 19.3 Å². The van der Waals surface area contributed by atoms with E-state index < -0.39 is 0 Å². The van der Waals surface area contributed by atoms with E-state index >= 15 is 0 Å². The maximum Gasteiger partial charge on any atom is 0.305 e. The summed E-state index contributed by atoms with van der Waals surface area (Å²) in [6, 6.07) is 0. The Hall–Kier alpha value is -0.995. The summed E-state index contributed by atoms with van der Waals surface area (Å²) in [6.45, 7) is 0.619. The topological polar surface area (TPSA) is 46.6 Å². The van der Waals surface area contributed by atoms with Crippen molar-refractivity contribution in [1.82, 2.24) is 4.81 Å². The third kappa shape index (κ3) is 2.75. The van der Waals surface area contributed by atoms with Gasteiger partial charge in [-0.15, -0.1) is 0 Å². The van der Waals surface area contributed by atoms with Crippen LogP contribution in [0.2, 0.25) is 0 Å². The standard InChI is InChI=1S/C9H14BNO3/c1-14-8(12)5-4-7-3-2-6-11(10)9(7)13/h7H,2-6H2,1H3. The summed E-state index contributed by atoms with van der Waals surface area (Å²) < 4.78 is 4.51. The number of hydrogen-bond acceptors (Lipinski definition) is 3. The molecule has 1 rings (SSSR count). The van der Waals surface area contributed by atoms with Crippen molar-refractivity contribution < 1.29 is 14.3 Å². The number of hydrogen-bond donors (Lipinski definition) is 0. The van der Waals surface area contributed by atoms with E-state index in [1.807, 2.05) is 0 Å². The molecule has 1 atom stereocenters. The Kier molecular flexibility index (Phi) is 3.98. The summed E-state index contributed by atoms with van der Waals surface area (Å²) in [5, 5.41) is 0. The average Bonchev–Trinajstić information content (AvgIpc) is 2.20. The molecule has 5 heteroatoms. The number of carbonyl (C=O) groups is 2. The Morgan fingerprint density at radius 2 is 2.43 bits per heavy atom. The number of amides is 1. The molecule has 0 aliphatic carbocycles. The molecule has 0 aromatic rings. The molecule has 1 aliphatic rings. The minimum atomic E-state index is -0.271. The first kappa shape index (κ1) is 11.1. The van der Waals surface area contributed by atoms with Gasteiger partial charge in [0.05, 0.1) is 7.11 Å². The Morgan fingerprint density at radius 1 is 1.71 bits per heavy atom. The van der Waals surface area contributed by atoms with E-state index in [0.717, 1.165) is 12.8 Å². The van der Waals surface area contributed by atoms with Gasteiger partial charge in [0, 0.05) is 18.9 Å². The van der Waals surface area contributed by atoms with E-state index in [2.05, 4.69) is 4.74 Å². The van der Waals surface area contributed by atoms with Gasteiger partial charge in [0.25, 0.3) is 0 Å². The molecule has 1 amide bonds. The predicted octanol–water partition coefficient (Wildman–Crippen LogP) is 0.262. The number of carbonyl (C=O) groups excluding carboxylic acids is 2. The zero-order valence-corrected chi connectivity index (χ0v) is 8.36. The zero-order valence-electron chi connectivity index (χ0n) is 8.36. The van der Waals surface area contributed by atoms with Crippen molar-refractivity contribution >= 4 is 19.9 Å². The first-order valence-electron chi connectivity index (χ1n) is 4.78. The minimum absolute atomic E-state index is 0.0554. The Labute approximate surface area is 85.0 Å². The molecule has 0 N–H and O–H groups in total. The second-order valence-corrected chi connectivity index (χ2v) is 3.49. The van der Waals surface area contributed by atoms with E-state index in [-0.39, 0.29) is 17.8 Å². The molecule has 1 saturated heterocycles. The van der Waals surface area contributed by atoms with Crippen LogP contribution in [-0.4, -0.2) is 38.3 Å². The highest BCUT2D eigenvalue weighted by atomic mass is 16.5. The number of nitrogens with zero attached hydrogens (tertiary/aromatic N) is 1. The van der Waals surface area contributed by atoms with E-state index in [9.17, 15) is 9.59 Å². The van der Waals surface area contributed by atoms with Gasteiger partial charge in [0.2, 0.25) is 13.9 Å². The van der Waals surface area contributed by atoms with Gasteiger partial charge in [-0.1, -0.05) is 0 Å². The Balaban J connectivity index is 2.36. The highest BCUT2D eigenvalue weighted by molar-refractivity contribution is 6.14. The third-order valence-electron chi connectivity index (χ3n) is 2.51. The average molecular weight is 195 g/mol. The summed E-state index contributed by atoms with van der Waals surface area (Å²) in [5.74, 6) is -0.431. The number of ether oxygens (including phenoxy) is 1. The molecule has 0 spiro atoms. The second-order valence-electron chi connectivity index (χ2n) is 3.49. The molecule has 1 heterocycles. The van der Waals surface area contributed by atoms with E-state index in [4.69, 9.17) is 7.98 Å². The highest BCUT2D eigenvalue weighted by Gasteiger charge is 2.26. The van der Waals surface area contributed by atoms with Gasteiger partial charge in [0.15, 0.2) is 0 Å². The molecule has 1 unspecified atom stereocenters. The SMILES string of the molecule is [B]N1CCCC(CCC(=O)OC)C1=O. The van der Waals surface area contributed by atoms with Gasteiger partial charge < -0.3 is 9.55 Å². The largest absolute Gasteiger partial charge is 0.469 e. The number of rotatable bonds is 3. The maximum absolute atomic E-state index is 11.5. The van der Waals surface area contributed by atoms with Gasteiger partial charge >= 0.3 is 5.97 Å². The van der Waals surface area contributed by atoms with Gasteiger partial charge in [-0.25, -0.2) is 0 Å². The first-order valence-corrected chi connectivity index (χ1v) is 4.78. The van der Waals surface area contributed by atoms with Gasteiger partial charge in [-0.3, -0.25) is 9.59 Å². The lowest BCUT2D eigenvalue weighted by Crippen LogP contribution is -2.39. The smallest absolute Gasteiger partial charge is 0.305 e. The summed E-state index contributed by atoms with van der Waals surface area (Å²) in [7, 11) is 6.82. The Morgan fingerprint density at radius 3 is 3.07 bits per heavy atom. The highest BCUT2D eigenvalue weighted by Crippen LogP contribution is 2.21. The van der Waals surface area contributed by atoms with Crippen LogP contribution in [0, 0.1) is 5.92 Å². The van der Waals surface area contributed by atoms with Gasteiger partial charge in [-0.2, -0.15) is 0 Å². The lowest BCUT2D eigenvalue weighted by atomic mass is 9.91.